The van der Waals surface area contributed by atoms with Crippen molar-refractivity contribution in [1.29, 1.82) is 0 Å². The zero-order chi connectivity index (χ0) is 52.3. The summed E-state index contributed by atoms with van der Waals surface area (Å²) in [6, 6.07) is 61.5. The molecule has 3 nitrogen and oxygen atoms in total. The predicted molar refractivity (Wildman–Crippen MR) is 322 cm³/mol. The van der Waals surface area contributed by atoms with Gasteiger partial charge in [-0.2, -0.15) is 0 Å². The average Bonchev–Trinajstić information content (AvgIpc) is 3.71. The molecular weight excluding hydrogens is 906 g/mol. The van der Waals surface area contributed by atoms with Crippen LogP contribution in [0.4, 0.5) is 51.2 Å². The second kappa shape index (κ2) is 16.4. The Balaban J connectivity index is 1.15. The number of rotatable bonds is 5. The molecule has 3 aliphatic carbocycles. The smallest absolute Gasteiger partial charge is 0.252 e. The molecule has 376 valence electrons. The van der Waals surface area contributed by atoms with Crippen molar-refractivity contribution in [2.45, 2.75) is 149 Å². The summed E-state index contributed by atoms with van der Waals surface area (Å²) in [4.78, 5) is 7.83. The Labute approximate surface area is 448 Å². The third-order valence-corrected chi connectivity index (χ3v) is 18.9. The molecule has 75 heavy (non-hydrogen) atoms. The fraction of sp³-hybridized carbons (Fsp3) is 0.324. The second-order valence-electron chi connectivity index (χ2n) is 26.8. The highest BCUT2D eigenvalue weighted by Gasteiger charge is 2.48. The molecule has 2 aliphatic heterocycles. The average molecular weight is 980 g/mol. The Morgan fingerprint density at radius 3 is 1.61 bits per heavy atom. The van der Waals surface area contributed by atoms with E-state index in [2.05, 4.69) is 262 Å². The maximum Gasteiger partial charge on any atom is 0.252 e. The van der Waals surface area contributed by atoms with Crippen LogP contribution in [0.1, 0.15) is 159 Å². The number of para-hydroxylation sites is 2. The molecule has 0 radical (unpaired) electrons. The molecule has 0 saturated carbocycles. The van der Waals surface area contributed by atoms with E-state index in [9.17, 15) is 0 Å². The summed E-state index contributed by atoms with van der Waals surface area (Å²) >= 11 is 0. The Morgan fingerprint density at radius 1 is 0.467 bits per heavy atom. The Hall–Kier alpha value is -6.78. The van der Waals surface area contributed by atoms with Gasteiger partial charge in [-0.25, -0.2) is 0 Å². The minimum absolute atomic E-state index is 0.0135. The molecule has 8 aromatic carbocycles. The van der Waals surface area contributed by atoms with Crippen LogP contribution in [0.3, 0.4) is 0 Å². The molecule has 4 heteroatoms. The first-order chi connectivity index (χ1) is 35.6. The fourth-order valence-corrected chi connectivity index (χ4v) is 14.5. The van der Waals surface area contributed by atoms with Crippen molar-refractivity contribution in [3.8, 4) is 11.1 Å². The van der Waals surface area contributed by atoms with Crippen LogP contribution in [0.15, 0.2) is 158 Å². The van der Waals surface area contributed by atoms with Gasteiger partial charge in [-0.05, 0) is 211 Å². The van der Waals surface area contributed by atoms with Gasteiger partial charge in [-0.1, -0.05) is 162 Å². The molecule has 1 atom stereocenters. The second-order valence-corrected chi connectivity index (χ2v) is 26.8. The molecule has 0 N–H and O–H groups in total. The normalized spacial score (nSPS) is 18.7. The first kappa shape index (κ1) is 47.9. The molecule has 8 aromatic rings. The molecule has 0 fully saturated rings. The zero-order valence-electron chi connectivity index (χ0n) is 46.8. The lowest BCUT2D eigenvalue weighted by atomic mass is 9.33. The van der Waals surface area contributed by atoms with E-state index in [0.29, 0.717) is 5.92 Å². The van der Waals surface area contributed by atoms with E-state index in [4.69, 9.17) is 0 Å². The van der Waals surface area contributed by atoms with Crippen molar-refractivity contribution in [3.05, 3.63) is 202 Å². The largest absolute Gasteiger partial charge is 0.311 e. The van der Waals surface area contributed by atoms with Crippen molar-refractivity contribution in [1.82, 2.24) is 0 Å². The lowest BCUT2D eigenvalue weighted by molar-refractivity contribution is 0.332. The molecule has 2 heterocycles. The first-order valence-electron chi connectivity index (χ1n) is 28.0. The SMILES string of the molecule is Cc1cc2c3c(c1)N(c1ccc4c(c1)C(C)(C)CCC4(C)C)c1cc4c(cc1B3c1ccc(N(c3ccccc3)c3ccccc3)cc1N2c1cc2c(c(C(C)(C)C)c1)C(C)c1ccccc1-2)C(C)(C)CCC4(C)C. The Bertz CT molecular complexity index is 3610. The summed E-state index contributed by atoms with van der Waals surface area (Å²) in [6.45, 7) is 31.8. The Kier molecular flexibility index (Phi) is 10.5. The van der Waals surface area contributed by atoms with Crippen molar-refractivity contribution in [3.63, 3.8) is 0 Å². The van der Waals surface area contributed by atoms with E-state index in [0.717, 1.165) is 29.9 Å². The summed E-state index contributed by atoms with van der Waals surface area (Å²) in [5.74, 6) is 0.304. The highest BCUT2D eigenvalue weighted by Crippen LogP contribution is 2.56. The minimum Gasteiger partial charge on any atom is -0.311 e. The van der Waals surface area contributed by atoms with Gasteiger partial charge in [0.1, 0.15) is 0 Å². The van der Waals surface area contributed by atoms with Crippen LogP contribution in [0.2, 0.25) is 0 Å². The van der Waals surface area contributed by atoms with E-state index in [-0.39, 0.29) is 33.8 Å². The van der Waals surface area contributed by atoms with Gasteiger partial charge in [0.05, 0.1) is 0 Å². The van der Waals surface area contributed by atoms with Gasteiger partial charge in [0.25, 0.3) is 6.71 Å². The number of anilines is 9. The third-order valence-electron chi connectivity index (χ3n) is 18.9. The highest BCUT2D eigenvalue weighted by molar-refractivity contribution is 7.00. The van der Waals surface area contributed by atoms with Crippen molar-refractivity contribution in [2.75, 3.05) is 14.7 Å². The molecule has 0 saturated heterocycles. The standard InChI is InChI=1S/C71H74BN3/c1-44-36-63-66-64(37-44)75(50-38-53-52-27-21-20-26-51(52)45(2)65(53)58(40-50)67(3,4)5)61-41-49(73(46-22-16-14-17-23-46)47-24-18-15-19-25-47)29-31-59(61)72(66)60-42-56-57(71(12,13)35-34-70(56,10)11)43-62(60)74(63)48-28-30-54-55(39-48)69(8,9)33-32-68(54,6)7/h14-31,36-43,45H,32-35H2,1-13H3. The number of hydrogen-bond acceptors (Lipinski definition) is 3. The summed E-state index contributed by atoms with van der Waals surface area (Å²) < 4.78 is 0. The molecule has 13 rings (SSSR count). The maximum atomic E-state index is 2.71. The van der Waals surface area contributed by atoms with Gasteiger partial charge in [-0.3, -0.25) is 0 Å². The number of fused-ring (bicyclic) bond motifs is 9. The van der Waals surface area contributed by atoms with Gasteiger partial charge < -0.3 is 14.7 Å². The van der Waals surface area contributed by atoms with Gasteiger partial charge in [0.15, 0.2) is 0 Å². The molecule has 0 spiro atoms. The zero-order valence-corrected chi connectivity index (χ0v) is 46.8. The summed E-state index contributed by atoms with van der Waals surface area (Å²) in [5.41, 5.74) is 29.5. The van der Waals surface area contributed by atoms with Gasteiger partial charge in [0, 0.05) is 57.1 Å². The fourth-order valence-electron chi connectivity index (χ4n) is 14.5. The lowest BCUT2D eigenvalue weighted by Crippen LogP contribution is -2.62. The predicted octanol–water partition coefficient (Wildman–Crippen LogP) is 17.7. The van der Waals surface area contributed by atoms with Crippen LogP contribution >= 0.6 is 0 Å². The van der Waals surface area contributed by atoms with Crippen molar-refractivity contribution < 1.29 is 0 Å². The summed E-state index contributed by atoms with van der Waals surface area (Å²) in [6.07, 6.45) is 4.69. The van der Waals surface area contributed by atoms with Crippen LogP contribution < -0.4 is 31.1 Å². The molecule has 0 aromatic heterocycles. The van der Waals surface area contributed by atoms with Crippen molar-refractivity contribution in [2.24, 2.45) is 0 Å². The van der Waals surface area contributed by atoms with Crippen LogP contribution in [-0.4, -0.2) is 6.71 Å². The molecular formula is C71H74BN3. The third kappa shape index (κ3) is 7.28. The van der Waals surface area contributed by atoms with E-state index < -0.39 is 0 Å². The Morgan fingerprint density at radius 2 is 1.00 bits per heavy atom. The quantitative estimate of drug-likeness (QED) is 0.159. The van der Waals surface area contributed by atoms with E-state index in [1.807, 2.05) is 0 Å². The molecule has 5 aliphatic rings. The van der Waals surface area contributed by atoms with Gasteiger partial charge in [0.2, 0.25) is 0 Å². The van der Waals surface area contributed by atoms with E-state index in [1.54, 1.807) is 0 Å². The number of hydrogen-bond donors (Lipinski definition) is 0. The summed E-state index contributed by atoms with van der Waals surface area (Å²) in [5, 5.41) is 0. The minimum atomic E-state index is -0.104. The van der Waals surface area contributed by atoms with E-state index in [1.165, 1.54) is 119 Å². The number of benzene rings is 8. The van der Waals surface area contributed by atoms with Gasteiger partial charge >= 0.3 is 0 Å². The number of nitrogens with zero attached hydrogens (tertiary/aromatic N) is 3. The molecule has 1 unspecified atom stereocenters. The van der Waals surface area contributed by atoms with Crippen molar-refractivity contribution >= 4 is 74.3 Å². The van der Waals surface area contributed by atoms with Crippen LogP contribution in [-0.2, 0) is 27.1 Å². The van der Waals surface area contributed by atoms with Crippen LogP contribution in [0, 0.1) is 6.92 Å². The van der Waals surface area contributed by atoms with Crippen LogP contribution in [0.25, 0.3) is 11.1 Å². The lowest BCUT2D eigenvalue weighted by Gasteiger charge is -2.48. The number of aryl methyl sites for hydroxylation is 1. The van der Waals surface area contributed by atoms with Crippen LogP contribution in [0.5, 0.6) is 0 Å². The maximum absolute atomic E-state index is 2.71. The highest BCUT2D eigenvalue weighted by atomic mass is 15.2. The van der Waals surface area contributed by atoms with E-state index >= 15 is 0 Å². The topological polar surface area (TPSA) is 9.72 Å². The summed E-state index contributed by atoms with van der Waals surface area (Å²) in [7, 11) is 0. The first-order valence-corrected chi connectivity index (χ1v) is 28.0. The van der Waals surface area contributed by atoms with Gasteiger partial charge in [-0.15, -0.1) is 0 Å². The monoisotopic (exact) mass is 980 g/mol. The molecule has 0 bridgehead atoms. The molecule has 0 amide bonds.